The van der Waals surface area contributed by atoms with Crippen LogP contribution < -0.4 is 9.47 Å². The first-order valence-corrected chi connectivity index (χ1v) is 10.9. The summed E-state index contributed by atoms with van der Waals surface area (Å²) >= 11 is 11.9. The predicted octanol–water partition coefficient (Wildman–Crippen LogP) is 6.02. The van der Waals surface area contributed by atoms with Crippen molar-refractivity contribution in [3.8, 4) is 11.5 Å². The Morgan fingerprint density at radius 1 is 1.31 bits per heavy atom. The summed E-state index contributed by atoms with van der Waals surface area (Å²) in [6, 6.07) is 9.01. The number of esters is 1. The van der Waals surface area contributed by atoms with E-state index in [9.17, 15) is 4.79 Å². The number of carbonyl (C=O) groups is 1. The number of cyclic esters (lactones) is 1. The van der Waals surface area contributed by atoms with Crippen molar-refractivity contribution >= 4 is 68.1 Å². The summed E-state index contributed by atoms with van der Waals surface area (Å²) in [4.78, 5) is 16.7. The molecule has 0 saturated carbocycles. The Hall–Kier alpha value is -1.84. The average molecular weight is 589 g/mol. The molecule has 0 spiro atoms. The molecular weight excluding hydrogens is 572 g/mol. The Labute approximate surface area is 195 Å². The summed E-state index contributed by atoms with van der Waals surface area (Å²) in [6.45, 7) is 6.34. The highest BCUT2D eigenvalue weighted by Gasteiger charge is 2.26. The molecule has 0 radical (unpaired) electrons. The normalized spacial score (nSPS) is 14.6. The number of nitrogens with zero attached hydrogens (tertiary/aromatic N) is 1. The summed E-state index contributed by atoms with van der Waals surface area (Å²) in [6.07, 6.45) is 3.28. The molecule has 0 bridgehead atoms. The minimum atomic E-state index is -0.545. The zero-order valence-electron chi connectivity index (χ0n) is 15.4. The van der Waals surface area contributed by atoms with Crippen LogP contribution in [0, 0.1) is 3.57 Å². The van der Waals surface area contributed by atoms with Gasteiger partial charge < -0.3 is 14.2 Å². The highest BCUT2D eigenvalue weighted by molar-refractivity contribution is 14.1. The molecule has 0 atom stereocenters. The number of ether oxygens (including phenoxy) is 3. The summed E-state index contributed by atoms with van der Waals surface area (Å²) in [5.41, 5.74) is 1.45. The molecule has 150 valence electrons. The van der Waals surface area contributed by atoms with Crippen LogP contribution in [0.1, 0.15) is 18.1 Å². The van der Waals surface area contributed by atoms with Gasteiger partial charge >= 0.3 is 5.97 Å². The predicted molar refractivity (Wildman–Crippen MR) is 126 cm³/mol. The van der Waals surface area contributed by atoms with Crippen molar-refractivity contribution in [2.24, 2.45) is 4.99 Å². The molecule has 1 heterocycles. The smallest absolute Gasteiger partial charge is 0.363 e. The minimum absolute atomic E-state index is 0.170. The van der Waals surface area contributed by atoms with Crippen LogP contribution in [0.15, 0.2) is 58.1 Å². The second-order valence-electron chi connectivity index (χ2n) is 5.82. The molecule has 2 aromatic carbocycles. The van der Waals surface area contributed by atoms with E-state index in [1.807, 2.05) is 25.1 Å². The van der Waals surface area contributed by atoms with E-state index in [0.717, 1.165) is 3.57 Å². The zero-order valence-corrected chi connectivity index (χ0v) is 19.9. The monoisotopic (exact) mass is 587 g/mol. The summed E-state index contributed by atoms with van der Waals surface area (Å²) in [5.74, 6) is 0.750. The second kappa shape index (κ2) is 9.77. The summed E-state index contributed by atoms with van der Waals surface area (Å²) in [5, 5.41) is 0.461. The maximum Gasteiger partial charge on any atom is 0.363 e. The topological polar surface area (TPSA) is 57.1 Å². The third kappa shape index (κ3) is 5.21. The van der Waals surface area contributed by atoms with Crippen LogP contribution in [0.4, 0.5) is 0 Å². The molecule has 1 aliphatic rings. The molecule has 2 aromatic rings. The zero-order chi connectivity index (χ0) is 21.0. The van der Waals surface area contributed by atoms with E-state index in [0.29, 0.717) is 45.3 Å². The Kier molecular flexibility index (Phi) is 7.37. The number of hydrogen-bond donors (Lipinski definition) is 0. The number of halogens is 3. The van der Waals surface area contributed by atoms with E-state index in [4.69, 9.17) is 25.8 Å². The number of rotatable bonds is 7. The lowest BCUT2D eigenvalue weighted by Crippen LogP contribution is -2.06. The number of carbonyl (C=O) groups excluding carboxylic acids is 1. The largest absolute Gasteiger partial charge is 0.490 e. The van der Waals surface area contributed by atoms with Crippen molar-refractivity contribution in [3.63, 3.8) is 0 Å². The molecule has 8 heteroatoms. The third-order valence-corrected chi connectivity index (χ3v) is 5.35. The molecule has 0 fully saturated rings. The molecule has 3 rings (SSSR count). The lowest BCUT2D eigenvalue weighted by molar-refractivity contribution is -0.129. The molecular formula is C21H16BrClINO4. The van der Waals surface area contributed by atoms with Gasteiger partial charge in [-0.15, -0.1) is 0 Å². The van der Waals surface area contributed by atoms with Crippen LogP contribution in [-0.4, -0.2) is 25.1 Å². The molecule has 0 unspecified atom stereocenters. The lowest BCUT2D eigenvalue weighted by atomic mass is 10.1. The Morgan fingerprint density at radius 2 is 2.10 bits per heavy atom. The van der Waals surface area contributed by atoms with E-state index in [1.165, 1.54) is 0 Å². The van der Waals surface area contributed by atoms with Crippen molar-refractivity contribution in [2.45, 2.75) is 6.92 Å². The first kappa shape index (κ1) is 21.9. The van der Waals surface area contributed by atoms with Gasteiger partial charge in [0.05, 0.1) is 21.7 Å². The quantitative estimate of drug-likeness (QED) is 0.172. The van der Waals surface area contributed by atoms with Crippen LogP contribution in [0.25, 0.3) is 6.08 Å². The SMILES string of the molecule is C=CCOc1c(Br)cc(/C=C2/N=C(c3cc(I)ccc3Cl)OC2=O)cc1OCC. The van der Waals surface area contributed by atoms with E-state index in [1.54, 1.807) is 24.3 Å². The summed E-state index contributed by atoms with van der Waals surface area (Å²) in [7, 11) is 0. The Morgan fingerprint density at radius 3 is 2.83 bits per heavy atom. The molecule has 5 nitrogen and oxygen atoms in total. The van der Waals surface area contributed by atoms with Crippen LogP contribution in [0.5, 0.6) is 11.5 Å². The highest BCUT2D eigenvalue weighted by atomic mass is 127. The first-order valence-electron chi connectivity index (χ1n) is 8.61. The molecule has 0 saturated heterocycles. The average Bonchev–Trinajstić information content (AvgIpc) is 3.03. The van der Waals surface area contributed by atoms with Gasteiger partial charge in [0.2, 0.25) is 5.90 Å². The second-order valence-corrected chi connectivity index (χ2v) is 8.33. The standard InChI is InChI=1S/C21H16BrClINO4/c1-3-7-28-19-15(22)8-12(10-18(19)27-4-2)9-17-21(26)29-20(25-17)14-11-13(24)5-6-16(14)23/h3,5-6,8-11H,1,4,7H2,2H3/b17-9+. The Balaban J connectivity index is 1.98. The van der Waals surface area contributed by atoms with E-state index >= 15 is 0 Å². The number of benzene rings is 2. The van der Waals surface area contributed by atoms with Gasteiger partial charge in [-0.2, -0.15) is 0 Å². The summed E-state index contributed by atoms with van der Waals surface area (Å²) < 4.78 is 18.3. The van der Waals surface area contributed by atoms with Crippen LogP contribution >= 0.6 is 50.1 Å². The van der Waals surface area contributed by atoms with E-state index < -0.39 is 5.97 Å². The van der Waals surface area contributed by atoms with Gasteiger partial charge in [-0.05, 0) is 87.4 Å². The molecule has 0 N–H and O–H groups in total. The van der Waals surface area contributed by atoms with Crippen molar-refractivity contribution in [1.82, 2.24) is 0 Å². The van der Waals surface area contributed by atoms with Gasteiger partial charge in [-0.25, -0.2) is 9.79 Å². The maximum atomic E-state index is 12.3. The highest BCUT2D eigenvalue weighted by Crippen LogP contribution is 2.38. The lowest BCUT2D eigenvalue weighted by Gasteiger charge is -2.13. The van der Waals surface area contributed by atoms with Gasteiger partial charge in [-0.3, -0.25) is 0 Å². The number of aliphatic imine (C=N–C) groups is 1. The fraction of sp³-hybridized carbons (Fsp3) is 0.143. The van der Waals surface area contributed by atoms with Crippen molar-refractivity contribution in [3.05, 3.63) is 72.9 Å². The van der Waals surface area contributed by atoms with Gasteiger partial charge in [0, 0.05) is 3.57 Å². The van der Waals surface area contributed by atoms with Gasteiger partial charge in [0.1, 0.15) is 6.61 Å². The molecule has 0 aromatic heterocycles. The van der Waals surface area contributed by atoms with Crippen molar-refractivity contribution in [1.29, 1.82) is 0 Å². The third-order valence-electron chi connectivity index (χ3n) is 3.76. The minimum Gasteiger partial charge on any atom is -0.490 e. The van der Waals surface area contributed by atoms with Crippen molar-refractivity contribution < 1.29 is 19.0 Å². The van der Waals surface area contributed by atoms with Crippen molar-refractivity contribution in [2.75, 3.05) is 13.2 Å². The van der Waals surface area contributed by atoms with Crippen LogP contribution in [-0.2, 0) is 9.53 Å². The molecule has 29 heavy (non-hydrogen) atoms. The molecule has 0 amide bonds. The molecule has 0 aliphatic carbocycles. The molecule has 1 aliphatic heterocycles. The first-order chi connectivity index (χ1) is 13.9. The fourth-order valence-electron chi connectivity index (χ4n) is 2.56. The van der Waals surface area contributed by atoms with Crippen LogP contribution in [0.2, 0.25) is 5.02 Å². The number of hydrogen-bond acceptors (Lipinski definition) is 5. The van der Waals surface area contributed by atoms with Gasteiger partial charge in [0.15, 0.2) is 17.2 Å². The van der Waals surface area contributed by atoms with Gasteiger partial charge in [-0.1, -0.05) is 24.3 Å². The van der Waals surface area contributed by atoms with E-state index in [-0.39, 0.29) is 11.6 Å². The Bertz CT molecular complexity index is 1040. The van der Waals surface area contributed by atoms with E-state index in [2.05, 4.69) is 50.1 Å². The van der Waals surface area contributed by atoms with Crippen LogP contribution in [0.3, 0.4) is 0 Å². The maximum absolute atomic E-state index is 12.3. The fourth-order valence-corrected chi connectivity index (χ4v) is 3.82. The van der Waals surface area contributed by atoms with Gasteiger partial charge in [0.25, 0.3) is 0 Å².